The number of Topliss-reactive ketones (excluding diaryl/α,β-unsaturated/α-hetero) is 1. The zero-order valence-electron chi connectivity index (χ0n) is 13.6. The Labute approximate surface area is 134 Å². The van der Waals surface area contributed by atoms with Crippen LogP contribution in [0.15, 0.2) is 24.3 Å². The number of ketones is 1. The van der Waals surface area contributed by atoms with Gasteiger partial charge < -0.3 is 14.8 Å². The molecule has 1 aromatic heterocycles. The molecule has 1 heterocycles. The number of ether oxygens (including phenoxy) is 1. The molecule has 1 aliphatic rings. The predicted molar refractivity (Wildman–Crippen MR) is 86.4 cm³/mol. The number of benzene rings is 1. The van der Waals surface area contributed by atoms with Gasteiger partial charge in [-0.25, -0.2) is 0 Å². The number of rotatable bonds is 2. The summed E-state index contributed by atoms with van der Waals surface area (Å²) in [5.74, 6) is -0.992. The molecule has 0 amide bonds. The molecular formula is C18H21NO4. The van der Waals surface area contributed by atoms with E-state index in [4.69, 9.17) is 4.74 Å². The monoisotopic (exact) mass is 315 g/mol. The topological polar surface area (TPSA) is 79.4 Å². The fraction of sp³-hybridized carbons (Fsp3) is 0.444. The predicted octanol–water partition coefficient (Wildman–Crippen LogP) is 2.76. The molecule has 2 aromatic rings. The van der Waals surface area contributed by atoms with Crippen molar-refractivity contribution in [3.05, 3.63) is 35.5 Å². The normalized spacial score (nSPS) is 21.3. The van der Waals surface area contributed by atoms with Crippen LogP contribution in [-0.4, -0.2) is 33.0 Å². The molecule has 0 fully saturated rings. The number of aliphatic hydroxyl groups is 1. The molecular weight excluding hydrogens is 294 g/mol. The molecule has 5 heteroatoms. The van der Waals surface area contributed by atoms with Crippen molar-refractivity contribution in [1.82, 2.24) is 4.98 Å². The van der Waals surface area contributed by atoms with E-state index in [1.807, 2.05) is 24.3 Å². The van der Waals surface area contributed by atoms with Crippen LogP contribution in [0.2, 0.25) is 0 Å². The van der Waals surface area contributed by atoms with Crippen molar-refractivity contribution in [1.29, 1.82) is 0 Å². The van der Waals surface area contributed by atoms with Crippen LogP contribution in [0.4, 0.5) is 0 Å². The van der Waals surface area contributed by atoms with Gasteiger partial charge in [0.2, 0.25) is 5.78 Å². The quantitative estimate of drug-likeness (QED) is 0.835. The highest BCUT2D eigenvalue weighted by molar-refractivity contribution is 6.09. The maximum Gasteiger partial charge on any atom is 0.309 e. The van der Waals surface area contributed by atoms with Crippen molar-refractivity contribution < 1.29 is 19.4 Å². The molecule has 23 heavy (non-hydrogen) atoms. The summed E-state index contributed by atoms with van der Waals surface area (Å²) in [6.45, 7) is 5.27. The lowest BCUT2D eigenvalue weighted by Crippen LogP contribution is -2.45. The molecule has 0 saturated heterocycles. The Kier molecular flexibility index (Phi) is 3.56. The second-order valence-electron chi connectivity index (χ2n) is 7.15. The summed E-state index contributed by atoms with van der Waals surface area (Å²) in [5, 5.41) is 11.7. The fourth-order valence-corrected chi connectivity index (χ4v) is 3.12. The number of hydrogen-bond donors (Lipinski definition) is 2. The summed E-state index contributed by atoms with van der Waals surface area (Å²) in [6.07, 6.45) is 0.447. The molecule has 3 rings (SSSR count). The van der Waals surface area contributed by atoms with E-state index >= 15 is 0 Å². The molecule has 0 radical (unpaired) electrons. The standard InChI is InChI=1S/C18H21NO4/c1-17(2,3)23-14(20)10-18(22)9-8-12-11-6-4-5-7-13(11)19-15(12)16(18)21/h4-7,19,22H,8-10H2,1-3H3. The van der Waals surface area contributed by atoms with E-state index in [2.05, 4.69) is 4.98 Å². The van der Waals surface area contributed by atoms with Gasteiger partial charge in [0.15, 0.2) is 0 Å². The molecule has 0 spiro atoms. The van der Waals surface area contributed by atoms with Crippen molar-refractivity contribution in [2.45, 2.75) is 51.2 Å². The first-order valence-electron chi connectivity index (χ1n) is 7.78. The minimum atomic E-state index is -1.70. The first-order valence-corrected chi connectivity index (χ1v) is 7.78. The number of aromatic nitrogens is 1. The van der Waals surface area contributed by atoms with E-state index in [-0.39, 0.29) is 12.8 Å². The fourth-order valence-electron chi connectivity index (χ4n) is 3.12. The van der Waals surface area contributed by atoms with Gasteiger partial charge in [-0.3, -0.25) is 9.59 Å². The molecule has 0 aliphatic heterocycles. The Balaban J connectivity index is 1.89. The van der Waals surface area contributed by atoms with E-state index in [9.17, 15) is 14.7 Å². The van der Waals surface area contributed by atoms with Crippen LogP contribution in [0.3, 0.4) is 0 Å². The SMILES string of the molecule is CC(C)(C)OC(=O)CC1(O)CCc2c([nH]c3ccccc23)C1=O. The number of aryl methyl sites for hydroxylation is 1. The Morgan fingerprint density at radius 1 is 1.35 bits per heavy atom. The van der Waals surface area contributed by atoms with Gasteiger partial charge in [0.05, 0.1) is 12.1 Å². The smallest absolute Gasteiger partial charge is 0.309 e. The molecule has 122 valence electrons. The average Bonchev–Trinajstić information content (AvgIpc) is 2.80. The average molecular weight is 315 g/mol. The Morgan fingerprint density at radius 3 is 2.74 bits per heavy atom. The lowest BCUT2D eigenvalue weighted by atomic mass is 9.80. The Bertz CT molecular complexity index is 784. The first kappa shape index (κ1) is 15.7. The third-order valence-corrected chi connectivity index (χ3v) is 4.11. The molecule has 1 aliphatic carbocycles. The number of nitrogens with one attached hydrogen (secondary N) is 1. The molecule has 5 nitrogen and oxygen atoms in total. The highest BCUT2D eigenvalue weighted by atomic mass is 16.6. The van der Waals surface area contributed by atoms with Gasteiger partial charge in [-0.2, -0.15) is 0 Å². The van der Waals surface area contributed by atoms with E-state index < -0.39 is 23.0 Å². The highest BCUT2D eigenvalue weighted by Crippen LogP contribution is 2.35. The van der Waals surface area contributed by atoms with Gasteiger partial charge in [-0.05, 0) is 45.2 Å². The van der Waals surface area contributed by atoms with Crippen LogP contribution >= 0.6 is 0 Å². The Morgan fingerprint density at radius 2 is 2.04 bits per heavy atom. The number of aromatic amines is 1. The van der Waals surface area contributed by atoms with Gasteiger partial charge in [0.1, 0.15) is 11.2 Å². The van der Waals surface area contributed by atoms with E-state index in [0.29, 0.717) is 12.1 Å². The third kappa shape index (κ3) is 2.88. The third-order valence-electron chi connectivity index (χ3n) is 4.11. The zero-order chi connectivity index (χ0) is 16.8. The largest absolute Gasteiger partial charge is 0.460 e. The van der Waals surface area contributed by atoms with Crippen LogP contribution in [0.1, 0.15) is 49.7 Å². The molecule has 1 unspecified atom stereocenters. The number of para-hydroxylation sites is 1. The van der Waals surface area contributed by atoms with Crippen LogP contribution in [-0.2, 0) is 16.0 Å². The van der Waals surface area contributed by atoms with Gasteiger partial charge in [0.25, 0.3) is 0 Å². The lowest BCUT2D eigenvalue weighted by Gasteiger charge is -2.30. The molecule has 2 N–H and O–H groups in total. The van der Waals surface area contributed by atoms with Gasteiger partial charge in [0, 0.05) is 10.9 Å². The summed E-state index contributed by atoms with van der Waals surface area (Å²) < 4.78 is 5.24. The summed E-state index contributed by atoms with van der Waals surface area (Å²) >= 11 is 0. The molecule has 0 saturated carbocycles. The zero-order valence-corrected chi connectivity index (χ0v) is 13.6. The summed E-state index contributed by atoms with van der Waals surface area (Å²) in [5.41, 5.74) is -0.150. The number of fused-ring (bicyclic) bond motifs is 3. The van der Waals surface area contributed by atoms with E-state index in [1.54, 1.807) is 20.8 Å². The van der Waals surface area contributed by atoms with E-state index in [0.717, 1.165) is 16.5 Å². The Hall–Kier alpha value is -2.14. The number of hydrogen-bond acceptors (Lipinski definition) is 4. The van der Waals surface area contributed by atoms with E-state index in [1.165, 1.54) is 0 Å². The number of carbonyl (C=O) groups excluding carboxylic acids is 2. The maximum atomic E-state index is 12.7. The van der Waals surface area contributed by atoms with Crippen LogP contribution in [0.5, 0.6) is 0 Å². The minimum absolute atomic E-state index is 0.222. The van der Waals surface area contributed by atoms with Gasteiger partial charge in [-0.1, -0.05) is 18.2 Å². The van der Waals surface area contributed by atoms with Crippen LogP contribution in [0, 0.1) is 0 Å². The second-order valence-corrected chi connectivity index (χ2v) is 7.15. The maximum absolute atomic E-state index is 12.7. The number of esters is 1. The van der Waals surface area contributed by atoms with Gasteiger partial charge in [-0.15, -0.1) is 0 Å². The van der Waals surface area contributed by atoms with Crippen LogP contribution < -0.4 is 0 Å². The van der Waals surface area contributed by atoms with Crippen molar-refractivity contribution >= 4 is 22.7 Å². The second kappa shape index (κ2) is 5.20. The highest BCUT2D eigenvalue weighted by Gasteiger charge is 2.44. The van der Waals surface area contributed by atoms with Crippen molar-refractivity contribution in [3.63, 3.8) is 0 Å². The van der Waals surface area contributed by atoms with Crippen molar-refractivity contribution in [2.75, 3.05) is 0 Å². The summed E-state index contributed by atoms with van der Waals surface area (Å²) in [7, 11) is 0. The van der Waals surface area contributed by atoms with Crippen LogP contribution in [0.25, 0.3) is 10.9 Å². The first-order chi connectivity index (χ1) is 10.7. The van der Waals surface area contributed by atoms with Crippen molar-refractivity contribution in [2.24, 2.45) is 0 Å². The molecule has 1 atom stereocenters. The number of carbonyl (C=O) groups is 2. The molecule has 1 aromatic carbocycles. The summed E-state index contributed by atoms with van der Waals surface area (Å²) in [6, 6.07) is 7.66. The van der Waals surface area contributed by atoms with Crippen molar-refractivity contribution in [3.8, 4) is 0 Å². The summed E-state index contributed by atoms with van der Waals surface area (Å²) in [4.78, 5) is 27.8. The van der Waals surface area contributed by atoms with Gasteiger partial charge >= 0.3 is 5.97 Å². The molecule has 0 bridgehead atoms. The lowest BCUT2D eigenvalue weighted by molar-refractivity contribution is -0.159. The minimum Gasteiger partial charge on any atom is -0.460 e. The number of H-pyrrole nitrogens is 1.